The van der Waals surface area contributed by atoms with E-state index in [1.54, 1.807) is 12.1 Å². The molecular weight excluding hydrogens is 279 g/mol. The first-order valence-electron chi connectivity index (χ1n) is 7.81. The molecule has 0 bridgehead atoms. The van der Waals surface area contributed by atoms with Gasteiger partial charge in [-0.1, -0.05) is 0 Å². The molecule has 2 aromatic rings. The zero-order valence-corrected chi connectivity index (χ0v) is 13.4. The minimum absolute atomic E-state index is 0.222. The maximum Gasteiger partial charge on any atom is 0.123 e. The third-order valence-corrected chi connectivity index (χ3v) is 4.35. The summed E-state index contributed by atoms with van der Waals surface area (Å²) in [5, 5.41) is 8.11. The third-order valence-electron chi connectivity index (χ3n) is 4.35. The highest BCUT2D eigenvalue weighted by Gasteiger charge is 2.20. The molecule has 2 heterocycles. The average molecular weight is 302 g/mol. The fourth-order valence-corrected chi connectivity index (χ4v) is 3.12. The molecule has 118 valence electrons. The Bertz CT molecular complexity index is 647. The quantitative estimate of drug-likeness (QED) is 0.945. The van der Waals surface area contributed by atoms with Crippen molar-refractivity contribution in [1.29, 1.82) is 0 Å². The van der Waals surface area contributed by atoms with Gasteiger partial charge in [-0.05, 0) is 45.0 Å². The van der Waals surface area contributed by atoms with Crippen molar-refractivity contribution in [3.63, 3.8) is 0 Å². The molecular formula is C17H23FN4. The van der Waals surface area contributed by atoms with Crippen molar-refractivity contribution in [3.05, 3.63) is 47.0 Å². The van der Waals surface area contributed by atoms with Crippen LogP contribution in [0.3, 0.4) is 0 Å². The molecule has 1 aliphatic heterocycles. The molecule has 1 N–H and O–H groups in total. The van der Waals surface area contributed by atoms with Gasteiger partial charge >= 0.3 is 0 Å². The lowest BCUT2D eigenvalue weighted by Crippen LogP contribution is -2.48. The van der Waals surface area contributed by atoms with Crippen molar-refractivity contribution in [3.8, 4) is 5.69 Å². The summed E-state index contributed by atoms with van der Waals surface area (Å²) in [5.74, 6) is -0.222. The standard InChI is InChI=1S/C17H23FN4/c1-12-10-21(9-8-19-12)11-17-13(2)20-22(14(17)3)16-6-4-15(18)5-7-16/h4-7,12,19H,8-11H2,1-3H3/t12-/m0/s1. The summed E-state index contributed by atoms with van der Waals surface area (Å²) >= 11 is 0. The molecule has 4 nitrogen and oxygen atoms in total. The predicted octanol–water partition coefficient (Wildman–Crippen LogP) is 2.42. The summed E-state index contributed by atoms with van der Waals surface area (Å²) in [6, 6.07) is 7.02. The van der Waals surface area contributed by atoms with E-state index in [1.165, 1.54) is 17.7 Å². The summed E-state index contributed by atoms with van der Waals surface area (Å²) in [6.07, 6.45) is 0. The highest BCUT2D eigenvalue weighted by Crippen LogP contribution is 2.20. The van der Waals surface area contributed by atoms with E-state index in [1.807, 2.05) is 11.6 Å². The number of rotatable bonds is 3. The van der Waals surface area contributed by atoms with Crippen LogP contribution in [0, 0.1) is 19.7 Å². The van der Waals surface area contributed by atoms with Crippen LogP contribution in [0.2, 0.25) is 0 Å². The van der Waals surface area contributed by atoms with E-state index in [2.05, 4.69) is 29.2 Å². The second-order valence-corrected chi connectivity index (χ2v) is 6.13. The molecule has 22 heavy (non-hydrogen) atoms. The van der Waals surface area contributed by atoms with Gasteiger partial charge in [-0.25, -0.2) is 9.07 Å². The number of halogens is 1. The van der Waals surface area contributed by atoms with Crippen LogP contribution in [-0.2, 0) is 6.54 Å². The predicted molar refractivity (Wildman–Crippen MR) is 85.7 cm³/mol. The van der Waals surface area contributed by atoms with Crippen LogP contribution >= 0.6 is 0 Å². The Morgan fingerprint density at radius 1 is 1.27 bits per heavy atom. The second-order valence-electron chi connectivity index (χ2n) is 6.13. The smallest absolute Gasteiger partial charge is 0.123 e. The number of nitrogens with one attached hydrogen (secondary N) is 1. The summed E-state index contributed by atoms with van der Waals surface area (Å²) < 4.78 is 15.0. The second kappa shape index (κ2) is 6.18. The van der Waals surface area contributed by atoms with Crippen molar-refractivity contribution in [2.45, 2.75) is 33.4 Å². The molecule has 1 aromatic heterocycles. The lowest BCUT2D eigenvalue weighted by atomic mass is 10.1. The highest BCUT2D eigenvalue weighted by molar-refractivity contribution is 5.37. The zero-order valence-electron chi connectivity index (χ0n) is 13.4. The molecule has 0 saturated carbocycles. The first kappa shape index (κ1) is 15.2. The fourth-order valence-electron chi connectivity index (χ4n) is 3.12. The first-order valence-corrected chi connectivity index (χ1v) is 7.81. The minimum atomic E-state index is -0.222. The van der Waals surface area contributed by atoms with Gasteiger partial charge in [-0.15, -0.1) is 0 Å². The van der Waals surface area contributed by atoms with E-state index in [0.29, 0.717) is 6.04 Å². The van der Waals surface area contributed by atoms with Crippen LogP contribution in [-0.4, -0.2) is 40.4 Å². The van der Waals surface area contributed by atoms with E-state index >= 15 is 0 Å². The summed E-state index contributed by atoms with van der Waals surface area (Å²) in [5.41, 5.74) is 4.36. The number of hydrogen-bond acceptors (Lipinski definition) is 3. The molecule has 1 fully saturated rings. The lowest BCUT2D eigenvalue weighted by Gasteiger charge is -2.31. The van der Waals surface area contributed by atoms with Crippen molar-refractivity contribution in [1.82, 2.24) is 20.0 Å². The molecule has 3 rings (SSSR count). The largest absolute Gasteiger partial charge is 0.312 e. The Morgan fingerprint density at radius 2 is 2.00 bits per heavy atom. The van der Waals surface area contributed by atoms with Gasteiger partial charge in [-0.2, -0.15) is 5.10 Å². The van der Waals surface area contributed by atoms with Crippen LogP contribution in [0.1, 0.15) is 23.9 Å². The lowest BCUT2D eigenvalue weighted by molar-refractivity contribution is 0.199. The highest BCUT2D eigenvalue weighted by atomic mass is 19.1. The normalized spacial score (nSPS) is 19.5. The number of aromatic nitrogens is 2. The molecule has 0 aliphatic carbocycles. The number of hydrogen-bond donors (Lipinski definition) is 1. The van der Waals surface area contributed by atoms with E-state index < -0.39 is 0 Å². The molecule has 0 unspecified atom stereocenters. The SMILES string of the molecule is Cc1nn(-c2ccc(F)cc2)c(C)c1CN1CCN[C@@H](C)C1. The van der Waals surface area contributed by atoms with Crippen LogP contribution in [0.4, 0.5) is 4.39 Å². The summed E-state index contributed by atoms with van der Waals surface area (Å²) in [7, 11) is 0. The molecule has 0 spiro atoms. The Hall–Kier alpha value is -1.72. The number of piperazine rings is 1. The average Bonchev–Trinajstić information content (AvgIpc) is 2.76. The third kappa shape index (κ3) is 3.05. The Morgan fingerprint density at radius 3 is 2.68 bits per heavy atom. The monoisotopic (exact) mass is 302 g/mol. The van der Waals surface area contributed by atoms with Crippen molar-refractivity contribution in [2.75, 3.05) is 19.6 Å². The van der Waals surface area contributed by atoms with Crippen LogP contribution in [0.25, 0.3) is 5.69 Å². The van der Waals surface area contributed by atoms with Crippen molar-refractivity contribution >= 4 is 0 Å². The van der Waals surface area contributed by atoms with E-state index in [4.69, 9.17) is 0 Å². The Balaban J connectivity index is 1.85. The molecule has 1 aromatic carbocycles. The molecule has 0 radical (unpaired) electrons. The van der Waals surface area contributed by atoms with E-state index in [0.717, 1.165) is 43.3 Å². The van der Waals surface area contributed by atoms with Crippen LogP contribution in [0.15, 0.2) is 24.3 Å². The van der Waals surface area contributed by atoms with Gasteiger partial charge in [0.15, 0.2) is 0 Å². The van der Waals surface area contributed by atoms with Gasteiger partial charge in [0.25, 0.3) is 0 Å². The zero-order chi connectivity index (χ0) is 15.7. The van der Waals surface area contributed by atoms with Gasteiger partial charge in [0.1, 0.15) is 5.82 Å². The Kier molecular flexibility index (Phi) is 4.27. The molecule has 0 amide bonds. The number of benzene rings is 1. The Labute approximate surface area is 130 Å². The van der Waals surface area contributed by atoms with E-state index in [-0.39, 0.29) is 5.82 Å². The number of nitrogens with zero attached hydrogens (tertiary/aromatic N) is 3. The van der Waals surface area contributed by atoms with Gasteiger partial charge in [0.05, 0.1) is 11.4 Å². The topological polar surface area (TPSA) is 33.1 Å². The van der Waals surface area contributed by atoms with Crippen molar-refractivity contribution < 1.29 is 4.39 Å². The maximum atomic E-state index is 13.1. The van der Waals surface area contributed by atoms with Gasteiger partial charge in [-0.3, -0.25) is 4.90 Å². The number of aryl methyl sites for hydroxylation is 1. The molecule has 1 saturated heterocycles. The maximum absolute atomic E-state index is 13.1. The van der Waals surface area contributed by atoms with E-state index in [9.17, 15) is 4.39 Å². The van der Waals surface area contributed by atoms with Crippen LogP contribution < -0.4 is 5.32 Å². The van der Waals surface area contributed by atoms with Crippen molar-refractivity contribution in [2.24, 2.45) is 0 Å². The van der Waals surface area contributed by atoms with Gasteiger partial charge in [0, 0.05) is 43.5 Å². The minimum Gasteiger partial charge on any atom is -0.312 e. The molecule has 5 heteroatoms. The van der Waals surface area contributed by atoms with Gasteiger partial charge < -0.3 is 5.32 Å². The fraction of sp³-hybridized carbons (Fsp3) is 0.471. The summed E-state index contributed by atoms with van der Waals surface area (Å²) in [6.45, 7) is 10.4. The van der Waals surface area contributed by atoms with Crippen LogP contribution in [0.5, 0.6) is 0 Å². The molecule has 1 atom stereocenters. The summed E-state index contributed by atoms with van der Waals surface area (Å²) in [4.78, 5) is 2.47. The first-order chi connectivity index (χ1) is 10.5. The van der Waals surface area contributed by atoms with Gasteiger partial charge in [0.2, 0.25) is 0 Å². The molecule has 1 aliphatic rings.